The van der Waals surface area contributed by atoms with Crippen molar-refractivity contribution >= 4 is 0 Å². The van der Waals surface area contributed by atoms with E-state index in [1.807, 2.05) is 170 Å². The van der Waals surface area contributed by atoms with Gasteiger partial charge in [-0.1, -0.05) is 218 Å². The molecule has 0 N–H and O–H groups in total. The van der Waals surface area contributed by atoms with Crippen LogP contribution in [-0.4, -0.2) is 0 Å². The molecule has 2 aliphatic rings. The lowest BCUT2D eigenvalue weighted by atomic mass is 10.1. The van der Waals surface area contributed by atoms with Crippen LogP contribution in [0.15, 0.2) is 218 Å². The van der Waals surface area contributed by atoms with Crippen molar-refractivity contribution in [3.63, 3.8) is 0 Å². The molecule has 0 amide bonds. The maximum atomic E-state index is 2.12. The predicted molar refractivity (Wildman–Crippen MR) is 166 cm³/mol. The third-order valence-electron chi connectivity index (χ3n) is 4.77. The van der Waals surface area contributed by atoms with E-state index >= 15 is 0 Å². The third kappa shape index (κ3) is 16.6. The summed E-state index contributed by atoms with van der Waals surface area (Å²) in [6.07, 6.45) is 0. The quantitative estimate of drug-likeness (QED) is 0.343. The van der Waals surface area contributed by atoms with Gasteiger partial charge in [0.25, 0.3) is 0 Å². The highest BCUT2D eigenvalue weighted by Gasteiger charge is 1.89. The molecular weight excluding hydrogens is 456 g/mol. The molecule has 188 valence electrons. The van der Waals surface area contributed by atoms with E-state index in [9.17, 15) is 0 Å². The SMILES string of the molecule is c1cccccccccc2ccccccccccccccccccc-2cccccccc1. The molecule has 2 aliphatic carbocycles. The van der Waals surface area contributed by atoms with Gasteiger partial charge in [-0.15, -0.1) is 0 Å². The molecule has 0 heteroatoms. The lowest BCUT2D eigenvalue weighted by Gasteiger charge is -1.95. The molecule has 0 spiro atoms. The summed E-state index contributed by atoms with van der Waals surface area (Å²) in [5, 5.41) is 0. The molecule has 0 aromatic carbocycles. The highest BCUT2D eigenvalue weighted by atomic mass is 13.9. The number of rotatable bonds is 0. The van der Waals surface area contributed by atoms with Crippen molar-refractivity contribution in [1.29, 1.82) is 0 Å². The maximum Gasteiger partial charge on any atom is -0.0184 e. The first-order valence-corrected chi connectivity index (χ1v) is 12.7. The average molecular weight is 493 g/mol. The van der Waals surface area contributed by atoms with Crippen LogP contribution in [0.5, 0.6) is 0 Å². The van der Waals surface area contributed by atoms with E-state index < -0.39 is 0 Å². The van der Waals surface area contributed by atoms with Crippen molar-refractivity contribution in [3.8, 4) is 11.1 Å². The van der Waals surface area contributed by atoms with E-state index in [1.165, 1.54) is 0 Å². The molecule has 0 fully saturated rings. The van der Waals surface area contributed by atoms with Gasteiger partial charge in [-0.05, 0) is 11.1 Å². The average Bonchev–Trinajstić information content (AvgIpc) is 2.92. The second kappa shape index (κ2) is 22.5. The van der Waals surface area contributed by atoms with Gasteiger partial charge in [0.1, 0.15) is 0 Å². The lowest BCUT2D eigenvalue weighted by Crippen LogP contribution is -1.70. The van der Waals surface area contributed by atoms with Crippen molar-refractivity contribution < 1.29 is 0 Å². The number of fused-ring (bicyclic) bond motifs is 1. The van der Waals surface area contributed by atoms with E-state index in [0.29, 0.717) is 0 Å². The summed E-state index contributed by atoms with van der Waals surface area (Å²) >= 11 is 0. The van der Waals surface area contributed by atoms with Crippen LogP contribution in [-0.2, 0) is 0 Å². The molecule has 0 radical (unpaired) electrons. The molecule has 0 atom stereocenters. The minimum absolute atomic E-state index is 1.09. The van der Waals surface area contributed by atoms with Crippen molar-refractivity contribution in [3.05, 3.63) is 218 Å². The highest BCUT2D eigenvalue weighted by molar-refractivity contribution is 5.61. The Morgan fingerprint density at radius 1 is 0.132 bits per heavy atom. The Morgan fingerprint density at radius 2 is 0.237 bits per heavy atom. The molecule has 0 aromatic rings. The molecule has 0 bridgehead atoms. The van der Waals surface area contributed by atoms with Gasteiger partial charge in [0.15, 0.2) is 0 Å². The summed E-state index contributed by atoms with van der Waals surface area (Å²) in [6, 6.07) is 73.1. The zero-order valence-electron chi connectivity index (χ0n) is 21.8. The van der Waals surface area contributed by atoms with Crippen LogP contribution in [0.25, 0.3) is 11.1 Å². The van der Waals surface area contributed by atoms with Crippen LogP contribution in [0, 0.1) is 0 Å². The molecule has 0 unspecified atom stereocenters. The second-order valence-corrected chi connectivity index (χ2v) is 7.74. The van der Waals surface area contributed by atoms with Gasteiger partial charge >= 0.3 is 0 Å². The van der Waals surface area contributed by atoms with Crippen LogP contribution in [0.4, 0.5) is 0 Å². The summed E-state index contributed by atoms with van der Waals surface area (Å²) in [4.78, 5) is 0. The molecule has 0 heterocycles. The summed E-state index contributed by atoms with van der Waals surface area (Å²) in [5.74, 6) is 0. The Balaban J connectivity index is 2.72. The summed E-state index contributed by atoms with van der Waals surface area (Å²) in [7, 11) is 0. The first kappa shape index (κ1) is 29.3. The molecule has 0 nitrogen and oxygen atoms in total. The fraction of sp³-hybridized carbons (Fsp3) is 0. The summed E-state index contributed by atoms with van der Waals surface area (Å²) in [5.41, 5.74) is 2.19. The first-order chi connectivity index (χ1) is 19.0. The molecule has 0 aromatic heterocycles. The minimum atomic E-state index is 1.09. The monoisotopic (exact) mass is 492 g/mol. The van der Waals surface area contributed by atoms with Gasteiger partial charge in [-0.2, -0.15) is 0 Å². The minimum Gasteiger partial charge on any atom is -0.0623 e. The Morgan fingerprint density at radius 3 is 0.368 bits per heavy atom. The van der Waals surface area contributed by atoms with Crippen LogP contribution < -0.4 is 0 Å². The van der Waals surface area contributed by atoms with Gasteiger partial charge < -0.3 is 0 Å². The summed E-state index contributed by atoms with van der Waals surface area (Å²) in [6.45, 7) is 0. The van der Waals surface area contributed by atoms with Gasteiger partial charge in [-0.3, -0.25) is 0 Å². The van der Waals surface area contributed by atoms with Crippen LogP contribution in [0.1, 0.15) is 0 Å². The second-order valence-electron chi connectivity index (χ2n) is 7.74. The summed E-state index contributed by atoms with van der Waals surface area (Å²) < 4.78 is 0. The van der Waals surface area contributed by atoms with E-state index in [4.69, 9.17) is 0 Å². The van der Waals surface area contributed by atoms with E-state index in [2.05, 4.69) is 48.5 Å². The molecule has 0 saturated carbocycles. The first-order valence-electron chi connectivity index (χ1n) is 12.7. The third-order valence-corrected chi connectivity index (χ3v) is 4.77. The van der Waals surface area contributed by atoms with Crippen molar-refractivity contribution in [1.82, 2.24) is 0 Å². The zero-order chi connectivity index (χ0) is 26.6. The molecular formula is C38H36. The fourth-order valence-corrected chi connectivity index (χ4v) is 2.93. The fourth-order valence-electron chi connectivity index (χ4n) is 2.93. The molecule has 0 aliphatic heterocycles. The zero-order valence-corrected chi connectivity index (χ0v) is 21.8. The smallest absolute Gasteiger partial charge is 0.0184 e. The Bertz CT molecular complexity index is 1130. The number of hydrogen-bond acceptors (Lipinski definition) is 0. The van der Waals surface area contributed by atoms with Gasteiger partial charge in [-0.25, -0.2) is 0 Å². The van der Waals surface area contributed by atoms with Crippen LogP contribution >= 0.6 is 0 Å². The maximum absolute atomic E-state index is 2.12. The van der Waals surface area contributed by atoms with E-state index in [-0.39, 0.29) is 0 Å². The normalized spacial score (nSPS) is 8.53. The Labute approximate surface area is 229 Å². The van der Waals surface area contributed by atoms with Crippen LogP contribution in [0.3, 0.4) is 0 Å². The number of hydrogen-bond donors (Lipinski definition) is 0. The standard InChI is InChI=1S/C38H36/c1-2-6-10-14-18-22-26-30-34-38-36-32-28-24-20-16-12-8-4-3-7-11-15-19-23-27-31-35-37(38)33-29-25-21-17-13-9-5-1/h1-36H. The van der Waals surface area contributed by atoms with Gasteiger partial charge in [0, 0.05) is 0 Å². The Hall–Kier alpha value is -4.94. The predicted octanol–water partition coefficient (Wildman–Crippen LogP) is 10.7. The van der Waals surface area contributed by atoms with Crippen molar-refractivity contribution in [2.24, 2.45) is 0 Å². The van der Waals surface area contributed by atoms with Crippen molar-refractivity contribution in [2.75, 3.05) is 0 Å². The van der Waals surface area contributed by atoms with Crippen LogP contribution in [0.2, 0.25) is 0 Å². The molecule has 38 heavy (non-hydrogen) atoms. The highest BCUT2D eigenvalue weighted by Crippen LogP contribution is 2.14. The molecule has 2 rings (SSSR count). The lowest BCUT2D eigenvalue weighted by molar-refractivity contribution is 1.66. The molecule has 0 saturated heterocycles. The van der Waals surface area contributed by atoms with E-state index in [0.717, 1.165) is 11.1 Å². The topological polar surface area (TPSA) is 0 Å². The van der Waals surface area contributed by atoms with E-state index in [1.54, 1.807) is 0 Å². The Kier molecular flexibility index (Phi) is 17.4. The van der Waals surface area contributed by atoms with Gasteiger partial charge in [0.05, 0.1) is 0 Å². The van der Waals surface area contributed by atoms with Gasteiger partial charge in [0.2, 0.25) is 0 Å². The largest absolute Gasteiger partial charge is 0.0623 e. The van der Waals surface area contributed by atoms with Crippen molar-refractivity contribution in [2.45, 2.75) is 0 Å².